The number of hydrogen-bond acceptors (Lipinski definition) is 4. The highest BCUT2D eigenvalue weighted by Crippen LogP contribution is 2.29. The summed E-state index contributed by atoms with van der Waals surface area (Å²) in [5.41, 5.74) is 3.35. The molecule has 2 heterocycles. The normalized spacial score (nSPS) is 13.4. The number of carbonyl (C=O) groups excluding carboxylic acids is 1. The lowest BCUT2D eigenvalue weighted by Crippen LogP contribution is -2.30. The summed E-state index contributed by atoms with van der Waals surface area (Å²) in [7, 11) is 0. The average Bonchev–Trinajstić information content (AvgIpc) is 3.05. The van der Waals surface area contributed by atoms with Crippen LogP contribution >= 0.6 is 11.3 Å². The second-order valence-corrected chi connectivity index (χ2v) is 5.03. The molecule has 1 N–H and O–H groups in total. The molecule has 6 heteroatoms. The number of thiazole rings is 1. The van der Waals surface area contributed by atoms with E-state index < -0.39 is 5.97 Å². The van der Waals surface area contributed by atoms with E-state index in [9.17, 15) is 9.59 Å². The summed E-state index contributed by atoms with van der Waals surface area (Å²) < 4.78 is 0. The van der Waals surface area contributed by atoms with Crippen molar-refractivity contribution in [2.75, 3.05) is 11.4 Å². The van der Waals surface area contributed by atoms with Crippen LogP contribution in [0.1, 0.15) is 25.7 Å². The van der Waals surface area contributed by atoms with Gasteiger partial charge in [0.05, 0.1) is 5.51 Å². The van der Waals surface area contributed by atoms with Crippen molar-refractivity contribution in [1.82, 2.24) is 4.98 Å². The number of amides is 1. The summed E-state index contributed by atoms with van der Waals surface area (Å²) in [6.07, 6.45) is 0.786. The Morgan fingerprint density at radius 1 is 1.32 bits per heavy atom. The number of para-hydroxylation sites is 1. The van der Waals surface area contributed by atoms with Gasteiger partial charge < -0.3 is 10.0 Å². The van der Waals surface area contributed by atoms with Gasteiger partial charge in [-0.05, 0) is 18.1 Å². The minimum Gasteiger partial charge on any atom is -0.477 e. The van der Waals surface area contributed by atoms with E-state index >= 15 is 0 Å². The van der Waals surface area contributed by atoms with E-state index in [0.29, 0.717) is 6.54 Å². The van der Waals surface area contributed by atoms with Crippen LogP contribution in [0, 0.1) is 0 Å². The minimum atomic E-state index is -1.11. The van der Waals surface area contributed by atoms with Crippen LogP contribution in [0.2, 0.25) is 0 Å². The van der Waals surface area contributed by atoms with E-state index in [-0.39, 0.29) is 16.5 Å². The zero-order valence-electron chi connectivity index (χ0n) is 9.87. The van der Waals surface area contributed by atoms with Gasteiger partial charge in [0.2, 0.25) is 0 Å². The van der Waals surface area contributed by atoms with Crippen molar-refractivity contribution >= 4 is 28.9 Å². The molecule has 0 unspecified atom stereocenters. The maximum Gasteiger partial charge on any atom is 0.348 e. The van der Waals surface area contributed by atoms with Crippen LogP contribution in [0.4, 0.5) is 5.69 Å². The molecule has 0 saturated heterocycles. The van der Waals surface area contributed by atoms with Gasteiger partial charge in [-0.2, -0.15) is 0 Å². The Morgan fingerprint density at radius 3 is 2.89 bits per heavy atom. The maximum absolute atomic E-state index is 12.4. The number of carboxylic acids is 1. The monoisotopic (exact) mass is 274 g/mol. The van der Waals surface area contributed by atoms with Gasteiger partial charge in [-0.3, -0.25) is 4.79 Å². The molecular weight excluding hydrogens is 264 g/mol. The van der Waals surface area contributed by atoms with E-state index in [1.165, 1.54) is 5.51 Å². The lowest BCUT2D eigenvalue weighted by molar-refractivity contribution is 0.0697. The Kier molecular flexibility index (Phi) is 2.79. The molecule has 0 spiro atoms. The summed E-state index contributed by atoms with van der Waals surface area (Å²) in [6, 6.07) is 7.64. The number of aromatic carboxylic acids is 1. The number of fused-ring (bicyclic) bond motifs is 1. The summed E-state index contributed by atoms with van der Waals surface area (Å²) in [6.45, 7) is 0.564. The van der Waals surface area contributed by atoms with E-state index in [2.05, 4.69) is 4.98 Å². The van der Waals surface area contributed by atoms with Crippen molar-refractivity contribution in [2.45, 2.75) is 6.42 Å². The van der Waals surface area contributed by atoms with E-state index in [1.54, 1.807) is 4.90 Å². The molecule has 0 aliphatic carbocycles. The number of anilines is 1. The second kappa shape index (κ2) is 4.47. The van der Waals surface area contributed by atoms with Crippen LogP contribution in [-0.4, -0.2) is 28.5 Å². The summed E-state index contributed by atoms with van der Waals surface area (Å²) in [5, 5.41) is 9.04. The molecule has 0 atom stereocenters. The number of aromatic nitrogens is 1. The van der Waals surface area contributed by atoms with Crippen molar-refractivity contribution in [3.63, 3.8) is 0 Å². The molecule has 2 aromatic rings. The Bertz CT molecular complexity index is 665. The van der Waals surface area contributed by atoms with Crippen LogP contribution in [0.15, 0.2) is 29.8 Å². The molecule has 19 heavy (non-hydrogen) atoms. The lowest BCUT2D eigenvalue weighted by atomic mass is 10.2. The lowest BCUT2D eigenvalue weighted by Gasteiger charge is -2.16. The van der Waals surface area contributed by atoms with Gasteiger partial charge in [0.1, 0.15) is 4.88 Å². The molecular formula is C13H10N2O3S. The number of benzene rings is 1. The third-order valence-corrected chi connectivity index (χ3v) is 3.91. The number of nitrogens with zero attached hydrogens (tertiary/aromatic N) is 2. The molecule has 1 aromatic carbocycles. The van der Waals surface area contributed by atoms with Gasteiger partial charge in [-0.15, -0.1) is 11.3 Å². The largest absolute Gasteiger partial charge is 0.477 e. The Balaban J connectivity index is 1.98. The molecule has 0 saturated carbocycles. The van der Waals surface area contributed by atoms with Crippen molar-refractivity contribution < 1.29 is 14.7 Å². The smallest absolute Gasteiger partial charge is 0.348 e. The molecule has 1 aliphatic rings. The first-order valence-corrected chi connectivity index (χ1v) is 6.63. The number of rotatable bonds is 2. The van der Waals surface area contributed by atoms with Crippen molar-refractivity contribution in [2.24, 2.45) is 0 Å². The Hall–Kier alpha value is -2.21. The molecule has 0 radical (unpaired) electrons. The van der Waals surface area contributed by atoms with Crippen LogP contribution in [0.3, 0.4) is 0 Å². The summed E-state index contributed by atoms with van der Waals surface area (Å²) >= 11 is 0.968. The van der Waals surface area contributed by atoms with Gasteiger partial charge in [-0.25, -0.2) is 9.78 Å². The van der Waals surface area contributed by atoms with Gasteiger partial charge >= 0.3 is 5.97 Å². The predicted octanol–water partition coefficient (Wildman–Crippen LogP) is 2.04. The first-order chi connectivity index (χ1) is 9.18. The second-order valence-electron chi connectivity index (χ2n) is 4.17. The van der Waals surface area contributed by atoms with Gasteiger partial charge in [-0.1, -0.05) is 18.2 Å². The van der Waals surface area contributed by atoms with Crippen LogP contribution < -0.4 is 4.90 Å². The molecule has 96 valence electrons. The van der Waals surface area contributed by atoms with E-state index in [0.717, 1.165) is 29.0 Å². The van der Waals surface area contributed by atoms with Crippen molar-refractivity contribution in [1.29, 1.82) is 0 Å². The van der Waals surface area contributed by atoms with Crippen molar-refractivity contribution in [3.8, 4) is 0 Å². The molecule has 0 fully saturated rings. The predicted molar refractivity (Wildman–Crippen MR) is 70.9 cm³/mol. The molecule has 1 aliphatic heterocycles. The molecule has 5 nitrogen and oxygen atoms in total. The average molecular weight is 274 g/mol. The summed E-state index contributed by atoms with van der Waals surface area (Å²) in [5.74, 6) is -1.46. The van der Waals surface area contributed by atoms with E-state index in [4.69, 9.17) is 5.11 Å². The fraction of sp³-hybridized carbons (Fsp3) is 0.154. The summed E-state index contributed by atoms with van der Waals surface area (Å²) in [4.78, 5) is 28.9. The zero-order valence-corrected chi connectivity index (χ0v) is 10.7. The van der Waals surface area contributed by atoms with Gasteiger partial charge in [0, 0.05) is 12.2 Å². The van der Waals surface area contributed by atoms with Crippen molar-refractivity contribution in [3.05, 3.63) is 45.9 Å². The third kappa shape index (κ3) is 1.90. The number of hydrogen-bond donors (Lipinski definition) is 1. The molecule has 0 bridgehead atoms. The third-order valence-electron chi connectivity index (χ3n) is 3.10. The standard InChI is InChI=1S/C13H10N2O3S/c16-12(10-11(13(17)18)19-7-14-10)15-6-5-8-3-1-2-4-9(8)15/h1-4,7H,5-6H2,(H,17,18). The SMILES string of the molecule is O=C(O)c1scnc1C(=O)N1CCc2ccccc21. The first-order valence-electron chi connectivity index (χ1n) is 5.75. The molecule has 3 rings (SSSR count). The fourth-order valence-corrected chi connectivity index (χ4v) is 2.84. The van der Waals surface area contributed by atoms with Gasteiger partial charge in [0.15, 0.2) is 5.69 Å². The highest BCUT2D eigenvalue weighted by molar-refractivity contribution is 7.12. The minimum absolute atomic E-state index is 0.00520. The number of carbonyl (C=O) groups is 2. The van der Waals surface area contributed by atoms with Crippen LogP contribution in [0.5, 0.6) is 0 Å². The highest BCUT2D eigenvalue weighted by atomic mass is 32.1. The van der Waals surface area contributed by atoms with Crippen LogP contribution in [0.25, 0.3) is 0 Å². The molecule has 1 amide bonds. The highest BCUT2D eigenvalue weighted by Gasteiger charge is 2.29. The topological polar surface area (TPSA) is 70.5 Å². The van der Waals surface area contributed by atoms with Gasteiger partial charge in [0.25, 0.3) is 5.91 Å². The Morgan fingerprint density at radius 2 is 2.11 bits per heavy atom. The first kappa shape index (κ1) is 11.9. The van der Waals surface area contributed by atoms with Crippen LogP contribution in [-0.2, 0) is 6.42 Å². The Labute approximate surface area is 113 Å². The maximum atomic E-state index is 12.4. The zero-order chi connectivity index (χ0) is 13.4. The quantitative estimate of drug-likeness (QED) is 0.909. The number of carboxylic acid groups (broad SMARTS) is 1. The van der Waals surface area contributed by atoms with E-state index in [1.807, 2.05) is 24.3 Å². The fourth-order valence-electron chi connectivity index (χ4n) is 2.23. The molecule has 1 aromatic heterocycles.